The zero-order valence-electron chi connectivity index (χ0n) is 11.6. The van der Waals surface area contributed by atoms with Crippen molar-refractivity contribution in [3.63, 3.8) is 0 Å². The number of benzene rings is 1. The second-order valence-corrected chi connectivity index (χ2v) is 5.09. The summed E-state index contributed by atoms with van der Waals surface area (Å²) in [6, 6.07) is 8.27. The van der Waals surface area contributed by atoms with Crippen LogP contribution in [0.4, 0.5) is 15.8 Å². The van der Waals surface area contributed by atoms with Crippen molar-refractivity contribution >= 4 is 28.6 Å². The van der Waals surface area contributed by atoms with E-state index in [2.05, 4.69) is 4.98 Å². The molecule has 2 aromatic rings. The molecule has 0 aliphatic heterocycles. The molecule has 0 saturated heterocycles. The van der Waals surface area contributed by atoms with Crippen LogP contribution in [0, 0.1) is 19.7 Å². The van der Waals surface area contributed by atoms with Gasteiger partial charge in [0.2, 0.25) is 0 Å². The fourth-order valence-corrected chi connectivity index (χ4v) is 2.45. The van der Waals surface area contributed by atoms with Crippen molar-refractivity contribution < 1.29 is 4.39 Å². The van der Waals surface area contributed by atoms with Crippen molar-refractivity contribution in [3.05, 3.63) is 53.1 Å². The van der Waals surface area contributed by atoms with Crippen molar-refractivity contribution in [2.24, 2.45) is 5.73 Å². The highest BCUT2D eigenvalue weighted by molar-refractivity contribution is 7.80. The molecule has 1 heterocycles. The van der Waals surface area contributed by atoms with Gasteiger partial charge in [-0.2, -0.15) is 0 Å². The molecule has 5 heteroatoms. The summed E-state index contributed by atoms with van der Waals surface area (Å²) < 4.78 is 13.4. The molecule has 2 rings (SSSR count). The fourth-order valence-electron chi connectivity index (χ4n) is 2.20. The molecule has 1 aromatic heterocycles. The van der Waals surface area contributed by atoms with E-state index in [0.717, 1.165) is 28.3 Å². The lowest BCUT2D eigenvalue weighted by atomic mass is 10.1. The number of anilines is 2. The highest BCUT2D eigenvalue weighted by atomic mass is 32.1. The quantitative estimate of drug-likeness (QED) is 0.881. The third-order valence-electron chi connectivity index (χ3n) is 3.11. The maximum Gasteiger partial charge on any atom is 0.125 e. The highest BCUT2D eigenvalue weighted by Crippen LogP contribution is 2.29. The summed E-state index contributed by atoms with van der Waals surface area (Å²) >= 11 is 5.11. The van der Waals surface area contributed by atoms with Gasteiger partial charge in [-0.15, -0.1) is 0 Å². The zero-order chi connectivity index (χ0) is 14.9. The molecular weight excluding hydrogens is 273 g/mol. The van der Waals surface area contributed by atoms with Crippen molar-refractivity contribution in [1.29, 1.82) is 0 Å². The molecular formula is C15H16FN3S. The maximum absolute atomic E-state index is 13.4. The molecule has 0 saturated carbocycles. The van der Waals surface area contributed by atoms with Crippen LogP contribution in [0.25, 0.3) is 0 Å². The van der Waals surface area contributed by atoms with Crippen LogP contribution in [0.5, 0.6) is 0 Å². The number of rotatable bonds is 3. The first-order valence-electron chi connectivity index (χ1n) is 6.17. The van der Waals surface area contributed by atoms with Gasteiger partial charge in [0, 0.05) is 24.1 Å². The van der Waals surface area contributed by atoms with Crippen LogP contribution >= 0.6 is 12.2 Å². The predicted octanol–water partition coefficient (Wildman–Crippen LogP) is 3.24. The minimum absolute atomic E-state index is 0.284. The molecule has 0 radical (unpaired) electrons. The highest BCUT2D eigenvalue weighted by Gasteiger charge is 2.15. The van der Waals surface area contributed by atoms with E-state index in [0.29, 0.717) is 0 Å². The van der Waals surface area contributed by atoms with Crippen LogP contribution in [0.2, 0.25) is 0 Å². The smallest absolute Gasteiger partial charge is 0.125 e. The van der Waals surface area contributed by atoms with E-state index in [-0.39, 0.29) is 10.8 Å². The van der Waals surface area contributed by atoms with Crippen molar-refractivity contribution in [2.75, 3.05) is 11.9 Å². The Balaban J connectivity index is 2.59. The van der Waals surface area contributed by atoms with E-state index in [1.165, 1.54) is 12.1 Å². The van der Waals surface area contributed by atoms with Crippen LogP contribution < -0.4 is 10.6 Å². The third-order valence-corrected chi connectivity index (χ3v) is 3.31. The average Bonchev–Trinajstić information content (AvgIpc) is 2.36. The number of pyridine rings is 1. The first-order chi connectivity index (χ1) is 9.40. The molecule has 2 N–H and O–H groups in total. The van der Waals surface area contributed by atoms with Gasteiger partial charge in [-0.1, -0.05) is 18.3 Å². The molecule has 0 unspecified atom stereocenters. The lowest BCUT2D eigenvalue weighted by Crippen LogP contribution is -2.20. The number of thiocarbonyl (C=S) groups is 1. The Morgan fingerprint density at radius 3 is 2.60 bits per heavy atom. The number of hydrogen-bond acceptors (Lipinski definition) is 3. The molecule has 0 fully saturated rings. The van der Waals surface area contributed by atoms with E-state index >= 15 is 0 Å². The summed E-state index contributed by atoms with van der Waals surface area (Å²) in [6.07, 6.45) is 0. The molecule has 1 aromatic carbocycles. The summed E-state index contributed by atoms with van der Waals surface area (Å²) in [5.74, 6) is -0.284. The van der Waals surface area contributed by atoms with Gasteiger partial charge >= 0.3 is 0 Å². The lowest BCUT2D eigenvalue weighted by Gasteiger charge is -2.23. The van der Waals surface area contributed by atoms with E-state index in [9.17, 15) is 4.39 Å². The standard InChI is InChI=1S/C15H16FN3S/c1-9-7-13(14(15(17)20)10(2)18-9)19(3)12-6-4-5-11(16)8-12/h4-8H,1-3H3,(H2,17,20). The predicted molar refractivity (Wildman–Crippen MR) is 84.1 cm³/mol. The van der Waals surface area contributed by atoms with Gasteiger partial charge in [-0.25, -0.2) is 4.39 Å². The van der Waals surface area contributed by atoms with Gasteiger partial charge in [0.15, 0.2) is 0 Å². The van der Waals surface area contributed by atoms with Crippen molar-refractivity contribution in [2.45, 2.75) is 13.8 Å². The average molecular weight is 289 g/mol. The van der Waals surface area contributed by atoms with E-state index in [1.807, 2.05) is 37.9 Å². The van der Waals surface area contributed by atoms with Crippen LogP contribution in [0.3, 0.4) is 0 Å². The van der Waals surface area contributed by atoms with Gasteiger partial charge < -0.3 is 10.6 Å². The Hall–Kier alpha value is -2.01. The molecule has 20 heavy (non-hydrogen) atoms. The van der Waals surface area contributed by atoms with Crippen molar-refractivity contribution in [1.82, 2.24) is 4.98 Å². The van der Waals surface area contributed by atoms with E-state index in [4.69, 9.17) is 18.0 Å². The van der Waals surface area contributed by atoms with Crippen molar-refractivity contribution in [3.8, 4) is 0 Å². The van der Waals surface area contributed by atoms with Gasteiger partial charge in [0.25, 0.3) is 0 Å². The van der Waals surface area contributed by atoms with E-state index in [1.54, 1.807) is 6.07 Å². The zero-order valence-corrected chi connectivity index (χ0v) is 12.5. The number of nitrogens with two attached hydrogens (primary N) is 1. The fraction of sp³-hybridized carbons (Fsp3) is 0.200. The summed E-state index contributed by atoms with van der Waals surface area (Å²) in [6.45, 7) is 3.77. The Labute approximate surface area is 123 Å². The summed E-state index contributed by atoms with van der Waals surface area (Å²) in [4.78, 5) is 6.53. The second kappa shape index (κ2) is 5.54. The van der Waals surface area contributed by atoms with Crippen LogP contribution in [0.15, 0.2) is 30.3 Å². The number of aromatic nitrogens is 1. The van der Waals surface area contributed by atoms with Gasteiger partial charge in [-0.3, -0.25) is 4.98 Å². The Morgan fingerprint density at radius 2 is 2.00 bits per heavy atom. The first-order valence-corrected chi connectivity index (χ1v) is 6.58. The SMILES string of the molecule is Cc1cc(N(C)c2cccc(F)c2)c(C(N)=S)c(C)n1. The molecule has 0 aliphatic carbocycles. The molecule has 3 nitrogen and oxygen atoms in total. The first kappa shape index (κ1) is 14.4. The maximum atomic E-state index is 13.4. The Kier molecular flexibility index (Phi) is 3.99. The summed E-state index contributed by atoms with van der Waals surface area (Å²) in [5, 5.41) is 0. The lowest BCUT2D eigenvalue weighted by molar-refractivity contribution is 0.628. The van der Waals surface area contributed by atoms with Gasteiger partial charge in [0.1, 0.15) is 10.8 Å². The minimum Gasteiger partial charge on any atom is -0.389 e. The monoisotopic (exact) mass is 289 g/mol. The normalized spacial score (nSPS) is 10.4. The number of hydrogen-bond donors (Lipinski definition) is 1. The second-order valence-electron chi connectivity index (χ2n) is 4.65. The van der Waals surface area contributed by atoms with Crippen LogP contribution in [-0.2, 0) is 0 Å². The minimum atomic E-state index is -0.284. The van der Waals surface area contributed by atoms with Crippen LogP contribution in [-0.4, -0.2) is 17.0 Å². The van der Waals surface area contributed by atoms with Crippen LogP contribution in [0.1, 0.15) is 17.0 Å². The number of halogens is 1. The molecule has 0 bridgehead atoms. The molecule has 0 amide bonds. The number of aryl methyl sites for hydroxylation is 2. The Bertz CT molecular complexity index is 670. The topological polar surface area (TPSA) is 42.1 Å². The van der Waals surface area contributed by atoms with Gasteiger partial charge in [0.05, 0.1) is 11.3 Å². The molecule has 0 spiro atoms. The third kappa shape index (κ3) is 2.77. The molecule has 0 aliphatic rings. The Morgan fingerprint density at radius 1 is 1.30 bits per heavy atom. The summed E-state index contributed by atoms with van der Waals surface area (Å²) in [5.41, 5.74) is 9.71. The number of nitrogens with zero attached hydrogens (tertiary/aromatic N) is 2. The van der Waals surface area contributed by atoms with E-state index < -0.39 is 0 Å². The van der Waals surface area contributed by atoms with Gasteiger partial charge in [-0.05, 0) is 38.1 Å². The molecule has 0 atom stereocenters. The summed E-state index contributed by atoms with van der Waals surface area (Å²) in [7, 11) is 1.85. The largest absolute Gasteiger partial charge is 0.389 e. The molecule has 104 valence electrons.